The molecule has 1 aromatic heterocycles. The average Bonchev–Trinajstić information content (AvgIpc) is 2.90. The minimum atomic E-state index is 0.0195. The molecule has 0 unspecified atom stereocenters. The summed E-state index contributed by atoms with van der Waals surface area (Å²) < 4.78 is 0. The summed E-state index contributed by atoms with van der Waals surface area (Å²) in [6.45, 7) is 4.21. The van der Waals surface area contributed by atoms with Gasteiger partial charge < -0.3 is 4.90 Å². The highest BCUT2D eigenvalue weighted by molar-refractivity contribution is 7.12. The Morgan fingerprint density at radius 1 is 1.24 bits per heavy atom. The summed E-state index contributed by atoms with van der Waals surface area (Å²) in [4.78, 5) is 14.8. The number of anilines is 1. The number of nitrogens with zero attached hydrogens (tertiary/aromatic N) is 1. The van der Waals surface area contributed by atoms with Crippen LogP contribution in [-0.4, -0.2) is 12.5 Å². The second-order valence-electron chi connectivity index (χ2n) is 3.52. The molecule has 0 aliphatic heterocycles. The number of carbonyl (C=O) groups excluding carboxylic acids is 1. The molecular formula is C14H13NOS. The van der Waals surface area contributed by atoms with Gasteiger partial charge in [-0.3, -0.25) is 4.79 Å². The first-order valence-electron chi connectivity index (χ1n) is 5.34. The molecule has 0 bridgehead atoms. The van der Waals surface area contributed by atoms with Crippen LogP contribution in [0, 0.1) is 0 Å². The van der Waals surface area contributed by atoms with Gasteiger partial charge in [-0.15, -0.1) is 17.9 Å². The van der Waals surface area contributed by atoms with Crippen LogP contribution in [0.2, 0.25) is 0 Å². The maximum atomic E-state index is 12.3. The van der Waals surface area contributed by atoms with Crippen molar-refractivity contribution < 1.29 is 4.79 Å². The summed E-state index contributed by atoms with van der Waals surface area (Å²) >= 11 is 1.45. The van der Waals surface area contributed by atoms with Crippen molar-refractivity contribution in [2.75, 3.05) is 11.4 Å². The lowest BCUT2D eigenvalue weighted by atomic mass is 10.2. The summed E-state index contributed by atoms with van der Waals surface area (Å²) in [5.41, 5.74) is 0.894. The van der Waals surface area contributed by atoms with E-state index in [9.17, 15) is 4.79 Å². The number of thiophene rings is 1. The lowest BCUT2D eigenvalue weighted by Crippen LogP contribution is -2.30. The molecule has 0 saturated carbocycles. The number of carbonyl (C=O) groups is 1. The molecule has 17 heavy (non-hydrogen) atoms. The molecule has 0 saturated heterocycles. The number of hydrogen-bond donors (Lipinski definition) is 0. The predicted molar refractivity (Wildman–Crippen MR) is 72.6 cm³/mol. The Labute approximate surface area is 105 Å². The number of hydrogen-bond acceptors (Lipinski definition) is 2. The molecular weight excluding hydrogens is 230 g/mol. The third kappa shape index (κ3) is 2.63. The van der Waals surface area contributed by atoms with E-state index in [1.54, 1.807) is 11.0 Å². The Bertz CT molecular complexity index is 490. The van der Waals surface area contributed by atoms with Crippen LogP contribution < -0.4 is 4.90 Å². The van der Waals surface area contributed by atoms with Gasteiger partial charge in [-0.25, -0.2) is 0 Å². The van der Waals surface area contributed by atoms with E-state index in [1.807, 2.05) is 47.8 Å². The molecule has 1 amide bonds. The van der Waals surface area contributed by atoms with Crippen LogP contribution in [0.4, 0.5) is 5.69 Å². The zero-order valence-electron chi connectivity index (χ0n) is 9.37. The van der Waals surface area contributed by atoms with Crippen molar-refractivity contribution in [3.05, 3.63) is 65.4 Å². The van der Waals surface area contributed by atoms with Crippen molar-refractivity contribution in [2.45, 2.75) is 0 Å². The standard InChI is InChI=1S/C14H13NOS/c1-2-10-15(12-7-4-3-5-8-12)14(16)13-9-6-11-17-13/h2-9,11H,1,10H2. The quantitative estimate of drug-likeness (QED) is 0.752. The third-order valence-electron chi connectivity index (χ3n) is 2.36. The summed E-state index contributed by atoms with van der Waals surface area (Å²) in [5, 5.41) is 1.91. The van der Waals surface area contributed by atoms with Crippen molar-refractivity contribution in [1.29, 1.82) is 0 Å². The lowest BCUT2D eigenvalue weighted by molar-refractivity contribution is 0.0993. The summed E-state index contributed by atoms with van der Waals surface area (Å²) in [6.07, 6.45) is 1.73. The predicted octanol–water partition coefficient (Wildman–Crippen LogP) is 3.58. The van der Waals surface area contributed by atoms with Gasteiger partial charge in [-0.05, 0) is 23.6 Å². The first-order valence-corrected chi connectivity index (χ1v) is 6.22. The molecule has 0 radical (unpaired) electrons. The Hall–Kier alpha value is -1.87. The molecule has 3 heteroatoms. The van der Waals surface area contributed by atoms with Gasteiger partial charge in [0.1, 0.15) is 0 Å². The molecule has 86 valence electrons. The van der Waals surface area contributed by atoms with E-state index in [1.165, 1.54) is 11.3 Å². The minimum Gasteiger partial charge on any atom is -0.304 e. The highest BCUT2D eigenvalue weighted by Gasteiger charge is 2.16. The zero-order valence-corrected chi connectivity index (χ0v) is 10.2. The van der Waals surface area contributed by atoms with E-state index in [-0.39, 0.29) is 5.91 Å². The van der Waals surface area contributed by atoms with Crippen molar-refractivity contribution in [1.82, 2.24) is 0 Å². The highest BCUT2D eigenvalue weighted by atomic mass is 32.1. The van der Waals surface area contributed by atoms with Crippen LogP contribution in [0.1, 0.15) is 9.67 Å². The minimum absolute atomic E-state index is 0.0195. The molecule has 1 aromatic carbocycles. The van der Waals surface area contributed by atoms with Crippen molar-refractivity contribution in [2.24, 2.45) is 0 Å². The third-order valence-corrected chi connectivity index (χ3v) is 3.21. The number of benzene rings is 1. The van der Waals surface area contributed by atoms with Gasteiger partial charge in [0.15, 0.2) is 0 Å². The lowest BCUT2D eigenvalue weighted by Gasteiger charge is -2.20. The van der Waals surface area contributed by atoms with E-state index < -0.39 is 0 Å². The smallest absolute Gasteiger partial charge is 0.268 e. The molecule has 0 aliphatic carbocycles. The first-order chi connectivity index (χ1) is 8.33. The molecule has 0 spiro atoms. The Morgan fingerprint density at radius 3 is 2.59 bits per heavy atom. The van der Waals surface area contributed by atoms with Crippen LogP contribution >= 0.6 is 11.3 Å². The summed E-state index contributed by atoms with van der Waals surface area (Å²) in [7, 11) is 0. The van der Waals surface area contributed by atoms with Gasteiger partial charge in [0, 0.05) is 12.2 Å². The van der Waals surface area contributed by atoms with Crippen molar-refractivity contribution in [3.8, 4) is 0 Å². The molecule has 1 heterocycles. The van der Waals surface area contributed by atoms with E-state index in [0.29, 0.717) is 6.54 Å². The van der Waals surface area contributed by atoms with Gasteiger partial charge in [0.25, 0.3) is 5.91 Å². The summed E-state index contributed by atoms with van der Waals surface area (Å²) in [6, 6.07) is 13.4. The molecule has 2 nitrogen and oxygen atoms in total. The molecule has 2 aromatic rings. The van der Waals surface area contributed by atoms with Crippen LogP contribution in [0.25, 0.3) is 0 Å². The van der Waals surface area contributed by atoms with Gasteiger partial charge in [-0.1, -0.05) is 30.3 Å². The van der Waals surface area contributed by atoms with Crippen LogP contribution in [-0.2, 0) is 0 Å². The Morgan fingerprint density at radius 2 is 2.00 bits per heavy atom. The average molecular weight is 243 g/mol. The number of amides is 1. The Kier molecular flexibility index (Phi) is 3.73. The Balaban J connectivity index is 2.30. The molecule has 0 N–H and O–H groups in total. The van der Waals surface area contributed by atoms with Gasteiger partial charge in [0.2, 0.25) is 0 Å². The molecule has 0 fully saturated rings. The normalized spacial score (nSPS) is 9.88. The number of rotatable bonds is 4. The van der Waals surface area contributed by atoms with Crippen LogP contribution in [0.3, 0.4) is 0 Å². The largest absolute Gasteiger partial charge is 0.304 e. The summed E-state index contributed by atoms with van der Waals surface area (Å²) in [5.74, 6) is 0.0195. The monoisotopic (exact) mass is 243 g/mol. The highest BCUT2D eigenvalue weighted by Crippen LogP contribution is 2.19. The van der Waals surface area contributed by atoms with Crippen molar-refractivity contribution >= 4 is 22.9 Å². The second-order valence-corrected chi connectivity index (χ2v) is 4.46. The fourth-order valence-electron chi connectivity index (χ4n) is 1.58. The molecule has 0 aliphatic rings. The van der Waals surface area contributed by atoms with E-state index in [2.05, 4.69) is 6.58 Å². The SMILES string of the molecule is C=CCN(C(=O)c1cccs1)c1ccccc1. The molecule has 2 rings (SSSR count). The van der Waals surface area contributed by atoms with E-state index in [0.717, 1.165) is 10.6 Å². The fraction of sp³-hybridized carbons (Fsp3) is 0.0714. The van der Waals surface area contributed by atoms with Crippen LogP contribution in [0.15, 0.2) is 60.5 Å². The molecule has 0 atom stereocenters. The maximum Gasteiger partial charge on any atom is 0.268 e. The van der Waals surface area contributed by atoms with Crippen LogP contribution in [0.5, 0.6) is 0 Å². The number of para-hydroxylation sites is 1. The fourth-order valence-corrected chi connectivity index (χ4v) is 2.25. The first kappa shape index (κ1) is 11.6. The van der Waals surface area contributed by atoms with Gasteiger partial charge >= 0.3 is 0 Å². The van der Waals surface area contributed by atoms with Crippen molar-refractivity contribution in [3.63, 3.8) is 0 Å². The van der Waals surface area contributed by atoms with E-state index >= 15 is 0 Å². The maximum absolute atomic E-state index is 12.3. The van der Waals surface area contributed by atoms with Gasteiger partial charge in [0.05, 0.1) is 4.88 Å². The zero-order chi connectivity index (χ0) is 12.1. The van der Waals surface area contributed by atoms with E-state index in [4.69, 9.17) is 0 Å². The van der Waals surface area contributed by atoms with Gasteiger partial charge in [-0.2, -0.15) is 0 Å². The topological polar surface area (TPSA) is 20.3 Å². The second kappa shape index (κ2) is 5.46.